The second kappa shape index (κ2) is 4.83. The minimum Gasteiger partial charge on any atom is -0.406 e. The summed E-state index contributed by atoms with van der Waals surface area (Å²) in [5, 5.41) is 0. The lowest BCUT2D eigenvalue weighted by molar-refractivity contribution is -0.274. The second-order valence-electron chi connectivity index (χ2n) is 2.94. The Kier molecular flexibility index (Phi) is 3.71. The third-order valence-electron chi connectivity index (χ3n) is 1.67. The van der Waals surface area contributed by atoms with E-state index in [9.17, 15) is 18.0 Å². The molecule has 16 heavy (non-hydrogen) atoms. The maximum atomic E-state index is 11.9. The molecule has 0 unspecified atom stereocenters. The van der Waals surface area contributed by atoms with E-state index in [0.29, 0.717) is 0 Å². The maximum absolute atomic E-state index is 11.9. The van der Waals surface area contributed by atoms with Gasteiger partial charge >= 0.3 is 6.36 Å². The number of benzene rings is 1. The highest BCUT2D eigenvalue weighted by Gasteiger charge is 2.31. The van der Waals surface area contributed by atoms with Crippen LogP contribution in [0.1, 0.15) is 17.3 Å². The van der Waals surface area contributed by atoms with Crippen LogP contribution in [-0.4, -0.2) is 12.1 Å². The highest BCUT2D eigenvalue weighted by molar-refractivity contribution is 6.04. The molecular weight excluding hydrogens is 221 g/mol. The summed E-state index contributed by atoms with van der Waals surface area (Å²) in [6.07, 6.45) is -1.96. The number of alkyl halides is 3. The molecule has 0 aliphatic heterocycles. The van der Waals surface area contributed by atoms with Crippen molar-refractivity contribution in [2.75, 3.05) is 0 Å². The molecule has 0 atom stereocenters. The summed E-state index contributed by atoms with van der Waals surface area (Å²) in [5.74, 6) is -0.766. The minimum absolute atomic E-state index is 0.153. The molecule has 0 bridgehead atoms. The summed E-state index contributed by atoms with van der Waals surface area (Å²) in [5.41, 5.74) is 0.153. The zero-order valence-corrected chi connectivity index (χ0v) is 8.41. The second-order valence-corrected chi connectivity index (χ2v) is 2.94. The van der Waals surface area contributed by atoms with Gasteiger partial charge in [-0.2, -0.15) is 0 Å². The van der Waals surface area contributed by atoms with Crippen LogP contribution in [0.3, 0.4) is 0 Å². The number of allylic oxidation sites excluding steroid dienone is 2. The van der Waals surface area contributed by atoms with Crippen molar-refractivity contribution in [3.8, 4) is 5.75 Å². The number of hydrogen-bond donors (Lipinski definition) is 0. The molecule has 0 N–H and O–H groups in total. The van der Waals surface area contributed by atoms with E-state index in [1.165, 1.54) is 24.3 Å². The zero-order valence-electron chi connectivity index (χ0n) is 8.41. The molecule has 0 saturated carbocycles. The SMILES string of the molecule is CC=CC(=O)c1cccc(OC(F)(F)F)c1. The van der Waals surface area contributed by atoms with E-state index in [-0.39, 0.29) is 11.3 Å². The normalized spacial score (nSPS) is 11.8. The van der Waals surface area contributed by atoms with Crippen LogP contribution < -0.4 is 4.74 Å². The fraction of sp³-hybridized carbons (Fsp3) is 0.182. The Hall–Kier alpha value is -1.78. The molecule has 0 amide bonds. The molecule has 0 heterocycles. The van der Waals surface area contributed by atoms with Crippen LogP contribution in [0.5, 0.6) is 5.75 Å². The van der Waals surface area contributed by atoms with Gasteiger partial charge in [0.25, 0.3) is 0 Å². The van der Waals surface area contributed by atoms with Crippen molar-refractivity contribution < 1.29 is 22.7 Å². The summed E-state index contributed by atoms with van der Waals surface area (Å²) in [7, 11) is 0. The summed E-state index contributed by atoms with van der Waals surface area (Å²) in [6, 6.07) is 4.94. The molecular formula is C11H9F3O2. The summed E-state index contributed by atoms with van der Waals surface area (Å²) < 4.78 is 39.4. The van der Waals surface area contributed by atoms with E-state index in [2.05, 4.69) is 4.74 Å². The van der Waals surface area contributed by atoms with Gasteiger partial charge in [-0.1, -0.05) is 18.2 Å². The molecule has 1 aromatic rings. The lowest BCUT2D eigenvalue weighted by atomic mass is 10.1. The van der Waals surface area contributed by atoms with Crippen LogP contribution >= 0.6 is 0 Å². The predicted molar refractivity (Wildman–Crippen MR) is 52.3 cm³/mol. The average molecular weight is 230 g/mol. The first kappa shape index (κ1) is 12.3. The van der Waals surface area contributed by atoms with Crippen molar-refractivity contribution in [3.63, 3.8) is 0 Å². The molecule has 86 valence electrons. The molecule has 5 heteroatoms. The van der Waals surface area contributed by atoms with Crippen molar-refractivity contribution in [2.45, 2.75) is 13.3 Å². The van der Waals surface area contributed by atoms with Gasteiger partial charge in [-0.05, 0) is 25.1 Å². The molecule has 1 rings (SSSR count). The number of ether oxygens (including phenoxy) is 1. The lowest BCUT2D eigenvalue weighted by Gasteiger charge is -2.08. The molecule has 0 aromatic heterocycles. The van der Waals surface area contributed by atoms with Gasteiger partial charge in [-0.15, -0.1) is 13.2 Å². The van der Waals surface area contributed by atoms with Crippen LogP contribution in [0.2, 0.25) is 0 Å². The topological polar surface area (TPSA) is 26.3 Å². The van der Waals surface area contributed by atoms with E-state index in [0.717, 1.165) is 12.1 Å². The standard InChI is InChI=1S/C11H9F3O2/c1-2-4-10(15)8-5-3-6-9(7-8)16-11(12,13)14/h2-7H,1H3. The van der Waals surface area contributed by atoms with Crippen LogP contribution in [0.4, 0.5) is 13.2 Å². The number of halogens is 3. The minimum atomic E-state index is -4.75. The van der Waals surface area contributed by atoms with Gasteiger partial charge in [0.2, 0.25) is 0 Å². The Morgan fingerprint density at radius 2 is 2.06 bits per heavy atom. The van der Waals surface area contributed by atoms with Crippen molar-refractivity contribution in [1.29, 1.82) is 0 Å². The van der Waals surface area contributed by atoms with E-state index in [1.54, 1.807) is 6.92 Å². The third kappa shape index (κ3) is 3.76. The number of carbonyl (C=O) groups is 1. The monoisotopic (exact) mass is 230 g/mol. The molecule has 1 aromatic carbocycles. The maximum Gasteiger partial charge on any atom is 0.573 e. The van der Waals surface area contributed by atoms with Crippen molar-refractivity contribution in [2.24, 2.45) is 0 Å². The molecule has 0 saturated heterocycles. The van der Waals surface area contributed by atoms with Crippen LogP contribution in [0, 0.1) is 0 Å². The Bertz CT molecular complexity index is 408. The molecule has 0 fully saturated rings. The van der Waals surface area contributed by atoms with Gasteiger partial charge in [0.15, 0.2) is 5.78 Å². The van der Waals surface area contributed by atoms with Crippen LogP contribution in [0.15, 0.2) is 36.4 Å². The quantitative estimate of drug-likeness (QED) is 0.588. The van der Waals surface area contributed by atoms with Gasteiger partial charge < -0.3 is 4.74 Å². The van der Waals surface area contributed by atoms with Gasteiger partial charge in [0.05, 0.1) is 0 Å². The fourth-order valence-corrected chi connectivity index (χ4v) is 1.09. The number of carbonyl (C=O) groups excluding carboxylic acids is 1. The lowest BCUT2D eigenvalue weighted by Crippen LogP contribution is -2.17. The van der Waals surface area contributed by atoms with Gasteiger partial charge in [-0.3, -0.25) is 4.79 Å². The molecule has 0 radical (unpaired) electrons. The largest absolute Gasteiger partial charge is 0.573 e. The highest BCUT2D eigenvalue weighted by atomic mass is 19.4. The van der Waals surface area contributed by atoms with Crippen molar-refractivity contribution in [1.82, 2.24) is 0 Å². The molecule has 0 spiro atoms. The summed E-state index contributed by atoms with van der Waals surface area (Å²) >= 11 is 0. The first-order chi connectivity index (χ1) is 7.42. The smallest absolute Gasteiger partial charge is 0.406 e. The van der Waals surface area contributed by atoms with Crippen LogP contribution in [-0.2, 0) is 0 Å². The Morgan fingerprint density at radius 1 is 1.38 bits per heavy atom. The molecule has 0 aliphatic carbocycles. The first-order valence-electron chi connectivity index (χ1n) is 4.45. The number of rotatable bonds is 3. The Morgan fingerprint density at radius 3 is 2.62 bits per heavy atom. The average Bonchev–Trinajstić information content (AvgIpc) is 2.16. The van der Waals surface area contributed by atoms with E-state index in [4.69, 9.17) is 0 Å². The van der Waals surface area contributed by atoms with Crippen molar-refractivity contribution in [3.05, 3.63) is 42.0 Å². The van der Waals surface area contributed by atoms with E-state index < -0.39 is 12.1 Å². The Balaban J connectivity index is 2.91. The summed E-state index contributed by atoms with van der Waals surface area (Å²) in [4.78, 5) is 11.3. The highest BCUT2D eigenvalue weighted by Crippen LogP contribution is 2.23. The molecule has 2 nitrogen and oxygen atoms in total. The predicted octanol–water partition coefficient (Wildman–Crippen LogP) is 3.34. The first-order valence-corrected chi connectivity index (χ1v) is 4.45. The number of hydrogen-bond acceptors (Lipinski definition) is 2. The number of ketones is 1. The van der Waals surface area contributed by atoms with Gasteiger partial charge in [0, 0.05) is 5.56 Å². The van der Waals surface area contributed by atoms with E-state index >= 15 is 0 Å². The third-order valence-corrected chi connectivity index (χ3v) is 1.67. The zero-order chi connectivity index (χ0) is 12.2. The van der Waals surface area contributed by atoms with Crippen molar-refractivity contribution >= 4 is 5.78 Å². The van der Waals surface area contributed by atoms with E-state index in [1.807, 2.05) is 0 Å². The summed E-state index contributed by atoms with van der Waals surface area (Å²) in [6.45, 7) is 1.65. The van der Waals surface area contributed by atoms with Crippen LogP contribution in [0.25, 0.3) is 0 Å². The fourth-order valence-electron chi connectivity index (χ4n) is 1.09. The van der Waals surface area contributed by atoms with Gasteiger partial charge in [-0.25, -0.2) is 0 Å². The van der Waals surface area contributed by atoms with Gasteiger partial charge in [0.1, 0.15) is 5.75 Å². The molecule has 0 aliphatic rings. The Labute approximate surface area is 90.3 Å².